The van der Waals surface area contributed by atoms with Gasteiger partial charge in [0, 0.05) is 24.7 Å². The van der Waals surface area contributed by atoms with Crippen LogP contribution in [0.4, 0.5) is 0 Å². The minimum atomic E-state index is -0.819. The van der Waals surface area contributed by atoms with Gasteiger partial charge in [0.05, 0.1) is 12.3 Å². The smallest absolute Gasteiger partial charge is 0.303 e. The zero-order valence-electron chi connectivity index (χ0n) is 17.0. The zero-order chi connectivity index (χ0) is 21.3. The van der Waals surface area contributed by atoms with E-state index in [1.54, 1.807) is 0 Å². The molecule has 154 valence electrons. The maximum absolute atomic E-state index is 12.8. The molecule has 0 amide bonds. The molecule has 0 unspecified atom stereocenters. The molecule has 0 atom stereocenters. The lowest BCUT2D eigenvalue weighted by atomic mass is 10.1. The minimum absolute atomic E-state index is 0.00478. The second kappa shape index (κ2) is 10.3. The molecule has 5 nitrogen and oxygen atoms in total. The number of ether oxygens (including phenoxy) is 1. The summed E-state index contributed by atoms with van der Waals surface area (Å²) in [5, 5.41) is 8.67. The number of aliphatic carboxylic acids is 1. The van der Waals surface area contributed by atoms with Crippen molar-refractivity contribution in [3.05, 3.63) is 95.3 Å². The highest BCUT2D eigenvalue weighted by atomic mass is 16.5. The molecule has 0 spiro atoms. The predicted octanol–water partition coefficient (Wildman–Crippen LogP) is 4.98. The molecular formula is C25H25NO4. The minimum Gasteiger partial charge on any atom is -0.494 e. The lowest BCUT2D eigenvalue weighted by molar-refractivity contribution is -0.137. The standard InChI is InChI=1S/C25H25NO4/c1-19-11-13-21(14-12-19)25(29)23-9-4-16-26(23)15-3-7-20-6-2-8-22(18-20)30-17-5-10-24(27)28/h2-4,6-9,11-14,16,18H,5,10,15,17H2,1H3,(H,27,28)/b7-3+. The number of carboxylic acid groups (broad SMARTS) is 1. The monoisotopic (exact) mass is 403 g/mol. The first kappa shape index (κ1) is 21.1. The van der Waals surface area contributed by atoms with Crippen LogP contribution in [0.25, 0.3) is 6.08 Å². The molecule has 0 saturated carbocycles. The summed E-state index contributed by atoms with van der Waals surface area (Å²) in [7, 11) is 0. The van der Waals surface area contributed by atoms with Crippen LogP contribution < -0.4 is 4.74 Å². The first-order valence-electron chi connectivity index (χ1n) is 9.90. The van der Waals surface area contributed by atoms with Gasteiger partial charge in [-0.05, 0) is 43.2 Å². The van der Waals surface area contributed by atoms with Crippen molar-refractivity contribution < 1.29 is 19.4 Å². The molecule has 0 aliphatic heterocycles. The maximum Gasteiger partial charge on any atom is 0.303 e. The number of hydrogen-bond donors (Lipinski definition) is 1. The molecule has 0 aliphatic carbocycles. The number of carbonyl (C=O) groups is 2. The van der Waals surface area contributed by atoms with Crippen molar-refractivity contribution in [2.24, 2.45) is 0 Å². The van der Waals surface area contributed by atoms with Crippen molar-refractivity contribution >= 4 is 17.8 Å². The van der Waals surface area contributed by atoms with Crippen molar-refractivity contribution in [2.45, 2.75) is 26.3 Å². The van der Waals surface area contributed by atoms with Crippen LogP contribution in [-0.4, -0.2) is 28.0 Å². The SMILES string of the molecule is Cc1ccc(C(=O)c2cccn2C/C=C/c2cccc(OCCCC(=O)O)c2)cc1. The fourth-order valence-corrected chi connectivity index (χ4v) is 3.06. The van der Waals surface area contributed by atoms with E-state index in [0.29, 0.717) is 36.6 Å². The lowest BCUT2D eigenvalue weighted by Crippen LogP contribution is -2.09. The second-order valence-corrected chi connectivity index (χ2v) is 7.06. The lowest BCUT2D eigenvalue weighted by Gasteiger charge is -2.07. The summed E-state index contributed by atoms with van der Waals surface area (Å²) in [5.41, 5.74) is 3.43. The van der Waals surface area contributed by atoms with Gasteiger partial charge >= 0.3 is 5.97 Å². The highest BCUT2D eigenvalue weighted by molar-refractivity contribution is 6.08. The van der Waals surface area contributed by atoms with E-state index in [-0.39, 0.29) is 12.2 Å². The van der Waals surface area contributed by atoms with Gasteiger partial charge in [0.2, 0.25) is 5.78 Å². The first-order chi connectivity index (χ1) is 14.5. The third kappa shape index (κ3) is 5.95. The number of carboxylic acids is 1. The van der Waals surface area contributed by atoms with Gasteiger partial charge in [0.15, 0.2) is 0 Å². The van der Waals surface area contributed by atoms with E-state index in [2.05, 4.69) is 0 Å². The maximum atomic E-state index is 12.8. The van der Waals surface area contributed by atoms with Crippen molar-refractivity contribution in [3.63, 3.8) is 0 Å². The van der Waals surface area contributed by atoms with E-state index in [1.807, 2.05) is 90.5 Å². The summed E-state index contributed by atoms with van der Waals surface area (Å²) in [6, 6.07) is 18.9. The van der Waals surface area contributed by atoms with E-state index in [0.717, 1.165) is 11.1 Å². The summed E-state index contributed by atoms with van der Waals surface area (Å²) in [4.78, 5) is 23.3. The van der Waals surface area contributed by atoms with Crippen LogP contribution in [0, 0.1) is 6.92 Å². The molecule has 3 aromatic rings. The molecule has 0 aliphatic rings. The number of ketones is 1. The molecule has 0 fully saturated rings. The third-order valence-corrected chi connectivity index (χ3v) is 4.65. The topological polar surface area (TPSA) is 68.5 Å². The van der Waals surface area contributed by atoms with Crippen molar-refractivity contribution in [1.29, 1.82) is 0 Å². The highest BCUT2D eigenvalue weighted by Crippen LogP contribution is 2.16. The molecule has 0 radical (unpaired) electrons. The number of benzene rings is 2. The van der Waals surface area contributed by atoms with Crippen molar-refractivity contribution in [1.82, 2.24) is 4.57 Å². The summed E-state index contributed by atoms with van der Waals surface area (Å²) >= 11 is 0. The second-order valence-electron chi connectivity index (χ2n) is 7.06. The van der Waals surface area contributed by atoms with Gasteiger partial charge in [-0.3, -0.25) is 9.59 Å². The Kier molecular flexibility index (Phi) is 7.22. The molecular weight excluding hydrogens is 378 g/mol. The Labute approximate surface area is 176 Å². The molecule has 3 rings (SSSR count). The van der Waals surface area contributed by atoms with Gasteiger partial charge in [-0.2, -0.15) is 0 Å². The Bertz CT molecular complexity index is 1030. The number of aryl methyl sites for hydroxylation is 1. The molecule has 1 aromatic heterocycles. The van der Waals surface area contributed by atoms with Crippen molar-refractivity contribution in [3.8, 4) is 5.75 Å². The first-order valence-corrected chi connectivity index (χ1v) is 9.90. The van der Waals surface area contributed by atoms with Crippen LogP contribution >= 0.6 is 0 Å². The summed E-state index contributed by atoms with van der Waals surface area (Å²) in [6.07, 6.45) is 6.44. The molecule has 1 heterocycles. The predicted molar refractivity (Wildman–Crippen MR) is 117 cm³/mol. The average molecular weight is 403 g/mol. The van der Waals surface area contributed by atoms with Crippen LogP contribution in [0.1, 0.15) is 40.0 Å². The largest absolute Gasteiger partial charge is 0.494 e. The quantitative estimate of drug-likeness (QED) is 0.383. The van der Waals surface area contributed by atoms with E-state index < -0.39 is 5.97 Å². The van der Waals surface area contributed by atoms with Crippen LogP contribution in [-0.2, 0) is 11.3 Å². The van der Waals surface area contributed by atoms with Crippen LogP contribution in [0.5, 0.6) is 5.75 Å². The molecule has 30 heavy (non-hydrogen) atoms. The van der Waals surface area contributed by atoms with E-state index >= 15 is 0 Å². The Morgan fingerprint density at radius 2 is 1.87 bits per heavy atom. The fraction of sp³-hybridized carbons (Fsp3) is 0.200. The Morgan fingerprint density at radius 1 is 1.07 bits per heavy atom. The highest BCUT2D eigenvalue weighted by Gasteiger charge is 2.12. The summed E-state index contributed by atoms with van der Waals surface area (Å²) in [6.45, 7) is 2.94. The zero-order valence-corrected chi connectivity index (χ0v) is 17.0. The summed E-state index contributed by atoms with van der Waals surface area (Å²) in [5.74, 6) is -0.107. The van der Waals surface area contributed by atoms with Crippen LogP contribution in [0.15, 0.2) is 72.9 Å². The van der Waals surface area contributed by atoms with Crippen LogP contribution in [0.3, 0.4) is 0 Å². The number of hydrogen-bond acceptors (Lipinski definition) is 3. The van der Waals surface area contributed by atoms with Crippen molar-refractivity contribution in [2.75, 3.05) is 6.61 Å². The van der Waals surface area contributed by atoms with Gasteiger partial charge in [-0.15, -0.1) is 0 Å². The Morgan fingerprint density at radius 3 is 2.63 bits per heavy atom. The Hall–Kier alpha value is -3.60. The molecule has 5 heteroatoms. The third-order valence-electron chi connectivity index (χ3n) is 4.65. The summed E-state index contributed by atoms with van der Waals surface area (Å²) < 4.78 is 7.53. The van der Waals surface area contributed by atoms with Gasteiger partial charge in [0.1, 0.15) is 5.75 Å². The number of nitrogens with zero attached hydrogens (tertiary/aromatic N) is 1. The van der Waals surface area contributed by atoms with Gasteiger partial charge in [-0.25, -0.2) is 0 Å². The number of allylic oxidation sites excluding steroid dienone is 1. The van der Waals surface area contributed by atoms with Gasteiger partial charge < -0.3 is 14.4 Å². The van der Waals surface area contributed by atoms with Gasteiger partial charge in [-0.1, -0.05) is 54.1 Å². The number of aromatic nitrogens is 1. The average Bonchev–Trinajstić information content (AvgIpc) is 3.20. The number of rotatable bonds is 10. The van der Waals surface area contributed by atoms with Gasteiger partial charge in [0.25, 0.3) is 0 Å². The molecule has 1 N–H and O–H groups in total. The normalized spacial score (nSPS) is 11.0. The molecule has 2 aromatic carbocycles. The van der Waals surface area contributed by atoms with Crippen LogP contribution in [0.2, 0.25) is 0 Å². The number of carbonyl (C=O) groups excluding carboxylic acids is 1. The van der Waals surface area contributed by atoms with E-state index in [4.69, 9.17) is 9.84 Å². The fourth-order valence-electron chi connectivity index (χ4n) is 3.06. The molecule has 0 bridgehead atoms. The molecule has 0 saturated heterocycles. The van der Waals surface area contributed by atoms with E-state index in [1.165, 1.54) is 0 Å². The Balaban J connectivity index is 1.60. The van der Waals surface area contributed by atoms with E-state index in [9.17, 15) is 9.59 Å².